The third kappa shape index (κ3) is 3.94. The van der Waals surface area contributed by atoms with Gasteiger partial charge in [0.25, 0.3) is 5.91 Å². The van der Waals surface area contributed by atoms with Crippen molar-refractivity contribution in [3.05, 3.63) is 45.8 Å². The van der Waals surface area contributed by atoms with Crippen LogP contribution in [0.15, 0.2) is 24.3 Å². The molecule has 0 atom stereocenters. The zero-order chi connectivity index (χ0) is 20.3. The molecule has 7 heteroatoms. The molecule has 148 valence electrons. The van der Waals surface area contributed by atoms with Crippen LogP contribution in [-0.4, -0.2) is 30.9 Å². The fourth-order valence-electron chi connectivity index (χ4n) is 3.40. The van der Waals surface area contributed by atoms with Gasteiger partial charge in [0.1, 0.15) is 5.00 Å². The van der Waals surface area contributed by atoms with Crippen molar-refractivity contribution in [1.82, 2.24) is 0 Å². The molecular weight excluding hydrogens is 376 g/mol. The predicted octanol–water partition coefficient (Wildman–Crippen LogP) is 4.17. The van der Waals surface area contributed by atoms with Gasteiger partial charge in [-0.15, -0.1) is 11.3 Å². The molecule has 28 heavy (non-hydrogen) atoms. The van der Waals surface area contributed by atoms with Crippen molar-refractivity contribution in [2.75, 3.05) is 23.4 Å². The maximum atomic E-state index is 12.7. The first-order valence-corrected chi connectivity index (χ1v) is 10.3. The van der Waals surface area contributed by atoms with E-state index in [1.807, 2.05) is 13.8 Å². The van der Waals surface area contributed by atoms with Gasteiger partial charge >= 0.3 is 5.97 Å². The minimum absolute atomic E-state index is 0.109. The Kier molecular flexibility index (Phi) is 6.14. The number of nitrogens with zero attached hydrogens (tertiary/aromatic N) is 1. The predicted molar refractivity (Wildman–Crippen MR) is 110 cm³/mol. The van der Waals surface area contributed by atoms with Crippen LogP contribution in [0, 0.1) is 6.92 Å². The highest BCUT2D eigenvalue weighted by Crippen LogP contribution is 2.34. The van der Waals surface area contributed by atoms with E-state index < -0.39 is 5.97 Å². The van der Waals surface area contributed by atoms with E-state index in [4.69, 9.17) is 4.74 Å². The Morgan fingerprint density at radius 3 is 2.50 bits per heavy atom. The van der Waals surface area contributed by atoms with Crippen LogP contribution in [0.1, 0.15) is 57.8 Å². The molecule has 0 aliphatic carbocycles. The van der Waals surface area contributed by atoms with Crippen LogP contribution in [0.25, 0.3) is 0 Å². The summed E-state index contributed by atoms with van der Waals surface area (Å²) in [6.07, 6.45) is 2.11. The molecule has 0 saturated carbocycles. The highest BCUT2D eigenvalue weighted by atomic mass is 32.1. The van der Waals surface area contributed by atoms with Gasteiger partial charge in [0.15, 0.2) is 0 Å². The highest BCUT2D eigenvalue weighted by molar-refractivity contribution is 7.16. The molecule has 6 nitrogen and oxygen atoms in total. The van der Waals surface area contributed by atoms with Gasteiger partial charge in [0.05, 0.1) is 12.2 Å². The number of thiophene rings is 1. The summed E-state index contributed by atoms with van der Waals surface area (Å²) in [4.78, 5) is 39.7. The second-order valence-corrected chi connectivity index (χ2v) is 7.79. The molecule has 3 rings (SSSR count). The maximum Gasteiger partial charge on any atom is 0.341 e. The lowest BCUT2D eigenvalue weighted by Gasteiger charge is -2.15. The van der Waals surface area contributed by atoms with Gasteiger partial charge in [0, 0.05) is 29.1 Å². The van der Waals surface area contributed by atoms with Crippen LogP contribution in [0.5, 0.6) is 0 Å². The summed E-state index contributed by atoms with van der Waals surface area (Å²) in [6, 6.07) is 6.95. The molecule has 1 aliphatic heterocycles. The van der Waals surface area contributed by atoms with Gasteiger partial charge in [-0.05, 0) is 56.5 Å². The standard InChI is InChI=1S/C21H24N2O4S/c1-4-16-13(3)28-20(18(16)21(26)27-5-2)22-19(25)14-8-10-15(11-9-14)23-12-6-7-17(23)24/h8-11H,4-7,12H2,1-3H3,(H,22,25). The number of rotatable bonds is 6. The molecule has 1 N–H and O–H groups in total. The number of carbonyl (C=O) groups is 3. The van der Waals surface area contributed by atoms with E-state index in [1.165, 1.54) is 11.3 Å². The summed E-state index contributed by atoms with van der Waals surface area (Å²) < 4.78 is 5.17. The van der Waals surface area contributed by atoms with Crippen LogP contribution < -0.4 is 10.2 Å². The largest absolute Gasteiger partial charge is 0.462 e. The molecule has 1 aliphatic rings. The number of amides is 2. The number of benzene rings is 1. The molecule has 1 saturated heterocycles. The third-order valence-electron chi connectivity index (χ3n) is 4.78. The lowest BCUT2D eigenvalue weighted by atomic mass is 10.1. The molecule has 1 aromatic carbocycles. The second kappa shape index (κ2) is 8.56. The SMILES string of the molecule is CCOC(=O)c1c(NC(=O)c2ccc(N3CCCC3=O)cc2)sc(C)c1CC. The molecule has 0 unspecified atom stereocenters. The van der Waals surface area contributed by atoms with Gasteiger partial charge in [-0.25, -0.2) is 4.79 Å². The van der Waals surface area contributed by atoms with Gasteiger partial charge in [-0.2, -0.15) is 0 Å². The first kappa shape index (κ1) is 20.1. The fraction of sp³-hybridized carbons (Fsp3) is 0.381. The number of hydrogen-bond donors (Lipinski definition) is 1. The van der Waals surface area contributed by atoms with E-state index >= 15 is 0 Å². The molecule has 1 aromatic heterocycles. The normalized spacial score (nSPS) is 13.7. The van der Waals surface area contributed by atoms with Gasteiger partial charge < -0.3 is 15.0 Å². The summed E-state index contributed by atoms with van der Waals surface area (Å²) in [5.41, 5.74) is 2.61. The minimum Gasteiger partial charge on any atom is -0.462 e. The summed E-state index contributed by atoms with van der Waals surface area (Å²) in [5.74, 6) is -0.604. The molecule has 2 amide bonds. The third-order valence-corrected chi connectivity index (χ3v) is 5.85. The highest BCUT2D eigenvalue weighted by Gasteiger charge is 2.24. The molecule has 0 spiro atoms. The number of anilines is 2. The van der Waals surface area contributed by atoms with Gasteiger partial charge in [0.2, 0.25) is 5.91 Å². The van der Waals surface area contributed by atoms with E-state index in [-0.39, 0.29) is 18.4 Å². The Labute approximate surface area is 168 Å². The Hall–Kier alpha value is -2.67. The summed E-state index contributed by atoms with van der Waals surface area (Å²) >= 11 is 1.38. The molecule has 2 heterocycles. The zero-order valence-electron chi connectivity index (χ0n) is 16.3. The molecule has 1 fully saturated rings. The number of nitrogens with one attached hydrogen (secondary N) is 1. The quantitative estimate of drug-likeness (QED) is 0.738. The Balaban J connectivity index is 1.81. The van der Waals surface area contributed by atoms with Crippen molar-refractivity contribution < 1.29 is 19.1 Å². The fourth-order valence-corrected chi connectivity index (χ4v) is 4.53. The lowest BCUT2D eigenvalue weighted by Crippen LogP contribution is -2.23. The van der Waals surface area contributed by atoms with Crippen LogP contribution in [0.2, 0.25) is 0 Å². The average molecular weight is 401 g/mol. The second-order valence-electron chi connectivity index (χ2n) is 6.56. The Bertz CT molecular complexity index is 902. The number of ether oxygens (including phenoxy) is 1. The van der Waals surface area contributed by atoms with Crippen LogP contribution in [0.4, 0.5) is 10.7 Å². The number of esters is 1. The molecule has 0 bridgehead atoms. The van der Waals surface area contributed by atoms with Gasteiger partial charge in [-0.3, -0.25) is 9.59 Å². The van der Waals surface area contributed by atoms with Crippen molar-refractivity contribution in [2.24, 2.45) is 0 Å². The summed E-state index contributed by atoms with van der Waals surface area (Å²) in [5, 5.41) is 3.37. The Morgan fingerprint density at radius 2 is 1.93 bits per heavy atom. The maximum absolute atomic E-state index is 12.7. The monoisotopic (exact) mass is 400 g/mol. The zero-order valence-corrected chi connectivity index (χ0v) is 17.1. The van der Waals surface area contributed by atoms with Crippen molar-refractivity contribution in [2.45, 2.75) is 40.0 Å². The van der Waals surface area contributed by atoms with E-state index in [1.54, 1.807) is 36.1 Å². The van der Waals surface area contributed by atoms with Crippen LogP contribution >= 0.6 is 11.3 Å². The van der Waals surface area contributed by atoms with E-state index in [9.17, 15) is 14.4 Å². The first-order chi connectivity index (χ1) is 13.5. The van der Waals surface area contributed by atoms with Crippen molar-refractivity contribution >= 4 is 39.8 Å². The van der Waals surface area contributed by atoms with Crippen molar-refractivity contribution in [3.8, 4) is 0 Å². The summed E-state index contributed by atoms with van der Waals surface area (Å²) in [7, 11) is 0. The number of hydrogen-bond acceptors (Lipinski definition) is 5. The van der Waals surface area contributed by atoms with Crippen LogP contribution in [-0.2, 0) is 16.0 Å². The Morgan fingerprint density at radius 1 is 1.21 bits per heavy atom. The van der Waals surface area contributed by atoms with Crippen LogP contribution in [0.3, 0.4) is 0 Å². The first-order valence-electron chi connectivity index (χ1n) is 9.47. The van der Waals surface area contributed by atoms with E-state index in [0.717, 1.165) is 22.5 Å². The topological polar surface area (TPSA) is 75.7 Å². The minimum atomic E-state index is -0.415. The lowest BCUT2D eigenvalue weighted by molar-refractivity contribution is -0.117. The van der Waals surface area contributed by atoms with Gasteiger partial charge in [-0.1, -0.05) is 6.92 Å². The number of carbonyl (C=O) groups excluding carboxylic acids is 3. The van der Waals surface area contributed by atoms with E-state index in [2.05, 4.69) is 5.32 Å². The molecule has 0 radical (unpaired) electrons. The molecule has 2 aromatic rings. The number of aryl methyl sites for hydroxylation is 1. The van der Waals surface area contributed by atoms with Crippen molar-refractivity contribution in [3.63, 3.8) is 0 Å². The van der Waals surface area contributed by atoms with E-state index in [0.29, 0.717) is 35.5 Å². The average Bonchev–Trinajstić information content (AvgIpc) is 3.24. The van der Waals surface area contributed by atoms with Crippen molar-refractivity contribution in [1.29, 1.82) is 0 Å². The summed E-state index contributed by atoms with van der Waals surface area (Å²) in [6.45, 7) is 6.65. The smallest absolute Gasteiger partial charge is 0.341 e. The molecular formula is C21H24N2O4S.